The van der Waals surface area contributed by atoms with Crippen LogP contribution in [0.3, 0.4) is 0 Å². The first-order chi connectivity index (χ1) is 9.67. The first-order valence-electron chi connectivity index (χ1n) is 6.49. The van der Waals surface area contributed by atoms with E-state index in [1.807, 2.05) is 43.3 Å². The van der Waals surface area contributed by atoms with Crippen molar-refractivity contribution in [2.45, 2.75) is 13.5 Å². The lowest BCUT2D eigenvalue weighted by Crippen LogP contribution is -2.17. The van der Waals surface area contributed by atoms with Crippen LogP contribution in [0, 0.1) is 6.92 Å². The van der Waals surface area contributed by atoms with Crippen LogP contribution >= 0.6 is 0 Å². The summed E-state index contributed by atoms with van der Waals surface area (Å²) >= 11 is 0. The maximum absolute atomic E-state index is 12.1. The van der Waals surface area contributed by atoms with Gasteiger partial charge >= 0.3 is 5.69 Å². The van der Waals surface area contributed by atoms with E-state index in [1.165, 1.54) is 5.56 Å². The number of nitrogens with zero attached hydrogens (tertiary/aromatic N) is 1. The first kappa shape index (κ1) is 12.5. The zero-order valence-corrected chi connectivity index (χ0v) is 11.5. The second-order valence-corrected chi connectivity index (χ2v) is 4.89. The molecule has 0 saturated heterocycles. The summed E-state index contributed by atoms with van der Waals surface area (Å²) in [5, 5.41) is 0. The summed E-state index contributed by atoms with van der Waals surface area (Å²) in [6.45, 7) is 2.60. The van der Waals surface area contributed by atoms with E-state index in [0.717, 1.165) is 22.3 Å². The minimum atomic E-state index is -0.102. The van der Waals surface area contributed by atoms with Gasteiger partial charge in [-0.2, -0.15) is 0 Å². The van der Waals surface area contributed by atoms with E-state index < -0.39 is 0 Å². The number of nitrogens with one attached hydrogen (secondary N) is 1. The molecule has 0 bridgehead atoms. The Morgan fingerprint density at radius 2 is 2.05 bits per heavy atom. The van der Waals surface area contributed by atoms with E-state index in [4.69, 9.17) is 4.74 Å². The number of rotatable bonds is 3. The minimum absolute atomic E-state index is 0.102. The van der Waals surface area contributed by atoms with Crippen LogP contribution in [0.15, 0.2) is 47.3 Å². The van der Waals surface area contributed by atoms with Crippen LogP contribution in [0.5, 0.6) is 5.75 Å². The second kappa shape index (κ2) is 4.89. The van der Waals surface area contributed by atoms with Crippen molar-refractivity contribution in [3.05, 3.63) is 64.1 Å². The lowest BCUT2D eigenvalue weighted by Gasteiger charge is -2.06. The molecule has 0 radical (unpaired) electrons. The number of methoxy groups -OCH3 is 1. The van der Waals surface area contributed by atoms with Crippen LogP contribution < -0.4 is 10.4 Å². The van der Waals surface area contributed by atoms with E-state index in [9.17, 15) is 4.79 Å². The predicted octanol–water partition coefficient (Wildman–Crippen LogP) is 2.69. The van der Waals surface area contributed by atoms with Crippen molar-refractivity contribution in [1.29, 1.82) is 0 Å². The molecule has 4 heteroatoms. The van der Waals surface area contributed by atoms with Crippen molar-refractivity contribution >= 4 is 11.0 Å². The maximum Gasteiger partial charge on any atom is 0.326 e. The average molecular weight is 268 g/mol. The number of benzene rings is 2. The Kier molecular flexibility index (Phi) is 3.06. The number of fused-ring (bicyclic) bond motifs is 1. The van der Waals surface area contributed by atoms with Gasteiger partial charge in [-0.1, -0.05) is 29.8 Å². The van der Waals surface area contributed by atoms with Crippen LogP contribution in [0.4, 0.5) is 0 Å². The molecule has 0 amide bonds. The molecule has 3 aromatic rings. The van der Waals surface area contributed by atoms with E-state index in [1.54, 1.807) is 11.7 Å². The summed E-state index contributed by atoms with van der Waals surface area (Å²) in [6.07, 6.45) is 0. The molecule has 1 N–H and O–H groups in total. The maximum atomic E-state index is 12.1. The van der Waals surface area contributed by atoms with Gasteiger partial charge in [0.15, 0.2) is 0 Å². The van der Waals surface area contributed by atoms with Gasteiger partial charge in [-0.15, -0.1) is 0 Å². The van der Waals surface area contributed by atoms with Crippen molar-refractivity contribution in [1.82, 2.24) is 9.55 Å². The summed E-state index contributed by atoms with van der Waals surface area (Å²) in [4.78, 5) is 15.0. The Hall–Kier alpha value is -2.49. The molecule has 0 aliphatic rings. The molecule has 20 heavy (non-hydrogen) atoms. The van der Waals surface area contributed by atoms with Gasteiger partial charge in [0.05, 0.1) is 24.7 Å². The Labute approximate surface area is 116 Å². The van der Waals surface area contributed by atoms with Crippen molar-refractivity contribution in [2.24, 2.45) is 0 Å². The summed E-state index contributed by atoms with van der Waals surface area (Å²) in [7, 11) is 1.62. The van der Waals surface area contributed by atoms with Crippen molar-refractivity contribution in [3.8, 4) is 5.75 Å². The lowest BCUT2D eigenvalue weighted by molar-refractivity contribution is 0.415. The molecule has 102 valence electrons. The van der Waals surface area contributed by atoms with Crippen molar-refractivity contribution in [2.75, 3.05) is 7.11 Å². The third kappa shape index (κ3) is 2.20. The van der Waals surface area contributed by atoms with Gasteiger partial charge in [-0.3, -0.25) is 4.57 Å². The van der Waals surface area contributed by atoms with Gasteiger partial charge in [0, 0.05) is 6.07 Å². The number of hydrogen-bond acceptors (Lipinski definition) is 2. The Morgan fingerprint density at radius 1 is 1.20 bits per heavy atom. The van der Waals surface area contributed by atoms with Gasteiger partial charge in [0.2, 0.25) is 0 Å². The van der Waals surface area contributed by atoms with Gasteiger partial charge in [0.25, 0.3) is 0 Å². The summed E-state index contributed by atoms with van der Waals surface area (Å²) in [5.74, 6) is 0.745. The van der Waals surface area contributed by atoms with E-state index in [0.29, 0.717) is 6.54 Å². The summed E-state index contributed by atoms with van der Waals surface area (Å²) in [6, 6.07) is 13.8. The first-order valence-corrected chi connectivity index (χ1v) is 6.49. The highest BCUT2D eigenvalue weighted by Crippen LogP contribution is 2.19. The van der Waals surface area contributed by atoms with Crippen LogP contribution in [-0.4, -0.2) is 16.7 Å². The predicted molar refractivity (Wildman–Crippen MR) is 79.4 cm³/mol. The average Bonchev–Trinajstić information content (AvgIpc) is 2.74. The molecule has 1 aromatic heterocycles. The molecule has 0 aliphatic carbocycles. The quantitative estimate of drug-likeness (QED) is 0.794. The highest BCUT2D eigenvalue weighted by atomic mass is 16.5. The zero-order valence-electron chi connectivity index (χ0n) is 11.5. The largest absolute Gasteiger partial charge is 0.497 e. The van der Waals surface area contributed by atoms with E-state index >= 15 is 0 Å². The van der Waals surface area contributed by atoms with Crippen molar-refractivity contribution < 1.29 is 4.74 Å². The third-order valence-electron chi connectivity index (χ3n) is 3.41. The normalized spacial score (nSPS) is 10.9. The number of aromatic nitrogens is 2. The van der Waals surface area contributed by atoms with Crippen LogP contribution in [0.25, 0.3) is 11.0 Å². The standard InChI is InChI=1S/C16H16N2O2/c1-11-4-3-5-12(8-11)10-18-15-9-13(20-2)6-7-14(15)17-16(18)19/h3-9H,10H2,1-2H3,(H,17,19). The monoisotopic (exact) mass is 268 g/mol. The van der Waals surface area contributed by atoms with Crippen LogP contribution in [-0.2, 0) is 6.54 Å². The number of imidazole rings is 1. The molecule has 1 heterocycles. The molecule has 0 aliphatic heterocycles. The fraction of sp³-hybridized carbons (Fsp3) is 0.188. The lowest BCUT2D eigenvalue weighted by atomic mass is 10.1. The number of aromatic amines is 1. The molecular formula is C16H16N2O2. The molecule has 0 saturated carbocycles. The molecule has 0 atom stereocenters. The van der Waals surface area contributed by atoms with Gasteiger partial charge in [-0.25, -0.2) is 4.79 Å². The Morgan fingerprint density at radius 3 is 2.80 bits per heavy atom. The number of ether oxygens (including phenoxy) is 1. The molecule has 3 rings (SSSR count). The van der Waals surface area contributed by atoms with E-state index in [2.05, 4.69) is 11.1 Å². The molecule has 0 unspecified atom stereocenters. The number of aryl methyl sites for hydroxylation is 1. The third-order valence-corrected chi connectivity index (χ3v) is 3.41. The van der Waals surface area contributed by atoms with Gasteiger partial charge in [0.1, 0.15) is 5.75 Å². The fourth-order valence-electron chi connectivity index (χ4n) is 2.41. The van der Waals surface area contributed by atoms with Crippen molar-refractivity contribution in [3.63, 3.8) is 0 Å². The van der Waals surface area contributed by atoms with Crippen LogP contribution in [0.2, 0.25) is 0 Å². The highest BCUT2D eigenvalue weighted by molar-refractivity contribution is 5.77. The molecule has 0 spiro atoms. The second-order valence-electron chi connectivity index (χ2n) is 4.89. The molecular weight excluding hydrogens is 252 g/mol. The van der Waals surface area contributed by atoms with Gasteiger partial charge < -0.3 is 9.72 Å². The summed E-state index contributed by atoms with van der Waals surface area (Å²) in [5.41, 5.74) is 3.87. The Balaban J connectivity index is 2.10. The highest BCUT2D eigenvalue weighted by Gasteiger charge is 2.08. The summed E-state index contributed by atoms with van der Waals surface area (Å²) < 4.78 is 6.96. The molecule has 0 fully saturated rings. The smallest absolute Gasteiger partial charge is 0.326 e. The van der Waals surface area contributed by atoms with Gasteiger partial charge in [-0.05, 0) is 24.6 Å². The van der Waals surface area contributed by atoms with Crippen LogP contribution in [0.1, 0.15) is 11.1 Å². The molecule has 2 aromatic carbocycles. The fourth-order valence-corrected chi connectivity index (χ4v) is 2.41. The number of H-pyrrole nitrogens is 1. The van der Waals surface area contributed by atoms with E-state index in [-0.39, 0.29) is 5.69 Å². The number of hydrogen-bond donors (Lipinski definition) is 1. The minimum Gasteiger partial charge on any atom is -0.497 e. The topological polar surface area (TPSA) is 47.0 Å². The SMILES string of the molecule is COc1ccc2[nH]c(=O)n(Cc3cccc(C)c3)c2c1. The molecule has 4 nitrogen and oxygen atoms in total. The Bertz CT molecular complexity index is 815. The zero-order chi connectivity index (χ0) is 14.1.